The highest BCUT2D eigenvalue weighted by Gasteiger charge is 2.12. The highest BCUT2D eigenvalue weighted by atomic mass is 16.0. The normalized spacial score (nSPS) is 14.9. The first kappa shape index (κ1) is 13.0. The van der Waals surface area contributed by atoms with Gasteiger partial charge in [-0.1, -0.05) is 13.3 Å². The summed E-state index contributed by atoms with van der Waals surface area (Å²) in [5.41, 5.74) is 1.39. The predicted molar refractivity (Wildman–Crippen MR) is 64.9 cm³/mol. The molecule has 0 spiro atoms. The van der Waals surface area contributed by atoms with Crippen LogP contribution in [0.25, 0.3) is 0 Å². The van der Waals surface area contributed by atoms with Crippen molar-refractivity contribution < 1.29 is 10.0 Å². The SMILES string of the molecule is CCCC[n+]1ccc(N2CCCC2)cc1.[OH-]. The van der Waals surface area contributed by atoms with Gasteiger partial charge in [-0.25, -0.2) is 4.57 Å². The van der Waals surface area contributed by atoms with Gasteiger partial charge in [-0.2, -0.15) is 0 Å². The van der Waals surface area contributed by atoms with Crippen molar-refractivity contribution in [3.8, 4) is 0 Å². The van der Waals surface area contributed by atoms with Crippen LogP contribution in [0.15, 0.2) is 24.5 Å². The molecule has 0 bridgehead atoms. The summed E-state index contributed by atoms with van der Waals surface area (Å²) >= 11 is 0. The summed E-state index contributed by atoms with van der Waals surface area (Å²) in [6.07, 6.45) is 9.66. The number of hydrogen-bond donors (Lipinski definition) is 0. The second-order valence-electron chi connectivity index (χ2n) is 4.34. The Kier molecular flexibility index (Phi) is 5.26. The summed E-state index contributed by atoms with van der Waals surface area (Å²) < 4.78 is 2.28. The maximum Gasteiger partial charge on any atom is 0.170 e. The van der Waals surface area contributed by atoms with Gasteiger partial charge in [-0.05, 0) is 12.8 Å². The Morgan fingerprint density at radius 1 is 1.19 bits per heavy atom. The molecule has 0 saturated carbocycles. The van der Waals surface area contributed by atoms with Gasteiger partial charge in [0.2, 0.25) is 0 Å². The van der Waals surface area contributed by atoms with Crippen LogP contribution >= 0.6 is 0 Å². The van der Waals surface area contributed by atoms with Gasteiger partial charge < -0.3 is 10.4 Å². The van der Waals surface area contributed by atoms with Crippen molar-refractivity contribution in [2.24, 2.45) is 0 Å². The fraction of sp³-hybridized carbons (Fsp3) is 0.615. The van der Waals surface area contributed by atoms with Gasteiger partial charge in [0.15, 0.2) is 12.4 Å². The average molecular weight is 222 g/mol. The third-order valence-corrected chi connectivity index (χ3v) is 3.11. The molecule has 1 aliphatic rings. The van der Waals surface area contributed by atoms with Crippen LogP contribution < -0.4 is 9.47 Å². The lowest BCUT2D eigenvalue weighted by Crippen LogP contribution is -2.33. The molecule has 0 atom stereocenters. The first-order valence-electron chi connectivity index (χ1n) is 6.14. The Bertz CT molecular complexity index is 291. The second-order valence-corrected chi connectivity index (χ2v) is 4.34. The minimum Gasteiger partial charge on any atom is -0.870 e. The van der Waals surface area contributed by atoms with Crippen LogP contribution in [0, 0.1) is 0 Å². The van der Waals surface area contributed by atoms with E-state index in [0.29, 0.717) is 0 Å². The predicted octanol–water partition coefficient (Wildman–Crippen LogP) is 2.20. The lowest BCUT2D eigenvalue weighted by Gasteiger charge is -2.16. The molecule has 2 rings (SSSR count). The van der Waals surface area contributed by atoms with Crippen molar-refractivity contribution in [3.63, 3.8) is 0 Å². The van der Waals surface area contributed by atoms with Crippen LogP contribution in [0.1, 0.15) is 32.6 Å². The van der Waals surface area contributed by atoms with Gasteiger partial charge in [-0.3, -0.25) is 0 Å². The number of nitrogens with zero attached hydrogens (tertiary/aromatic N) is 2. The van der Waals surface area contributed by atoms with E-state index in [-0.39, 0.29) is 5.48 Å². The van der Waals surface area contributed by atoms with Crippen molar-refractivity contribution in [1.29, 1.82) is 0 Å². The topological polar surface area (TPSA) is 37.1 Å². The van der Waals surface area contributed by atoms with Crippen LogP contribution in [0.4, 0.5) is 5.69 Å². The lowest BCUT2D eigenvalue weighted by atomic mass is 10.3. The van der Waals surface area contributed by atoms with Crippen molar-refractivity contribution in [1.82, 2.24) is 0 Å². The molecule has 90 valence electrons. The molecule has 1 saturated heterocycles. The fourth-order valence-corrected chi connectivity index (χ4v) is 2.13. The molecule has 1 N–H and O–H groups in total. The van der Waals surface area contributed by atoms with E-state index in [4.69, 9.17) is 0 Å². The molecular weight excluding hydrogens is 200 g/mol. The van der Waals surface area contributed by atoms with E-state index in [1.165, 1.54) is 44.5 Å². The van der Waals surface area contributed by atoms with Gasteiger partial charge in [0, 0.05) is 37.3 Å². The number of pyridine rings is 1. The zero-order valence-corrected chi connectivity index (χ0v) is 10.1. The molecular formula is C13H22N2O. The summed E-state index contributed by atoms with van der Waals surface area (Å²) in [6, 6.07) is 4.50. The Balaban J connectivity index is 0.00000128. The van der Waals surface area contributed by atoms with E-state index < -0.39 is 0 Å². The largest absolute Gasteiger partial charge is 0.870 e. The van der Waals surface area contributed by atoms with Crippen LogP contribution in [0.5, 0.6) is 0 Å². The monoisotopic (exact) mass is 222 g/mol. The Labute approximate surface area is 98.0 Å². The van der Waals surface area contributed by atoms with Crippen LogP contribution in [-0.4, -0.2) is 18.6 Å². The second kappa shape index (κ2) is 6.48. The molecule has 0 radical (unpaired) electrons. The molecule has 1 aromatic heterocycles. The molecule has 1 fully saturated rings. The first-order valence-corrected chi connectivity index (χ1v) is 6.14. The van der Waals surface area contributed by atoms with E-state index in [2.05, 4.69) is 40.9 Å². The zero-order chi connectivity index (χ0) is 10.5. The third-order valence-electron chi connectivity index (χ3n) is 3.11. The smallest absolute Gasteiger partial charge is 0.170 e. The number of aromatic nitrogens is 1. The zero-order valence-electron chi connectivity index (χ0n) is 10.1. The van der Waals surface area contributed by atoms with Crippen LogP contribution in [-0.2, 0) is 6.54 Å². The van der Waals surface area contributed by atoms with Crippen molar-refractivity contribution >= 4 is 5.69 Å². The van der Waals surface area contributed by atoms with Crippen molar-refractivity contribution in [2.45, 2.75) is 39.2 Å². The minimum atomic E-state index is 0. The molecule has 2 heterocycles. The number of anilines is 1. The van der Waals surface area contributed by atoms with Gasteiger partial charge in [0.1, 0.15) is 6.54 Å². The molecule has 0 aliphatic carbocycles. The molecule has 16 heavy (non-hydrogen) atoms. The number of hydrogen-bond acceptors (Lipinski definition) is 2. The quantitative estimate of drug-likeness (QED) is 0.732. The number of aryl methyl sites for hydroxylation is 1. The van der Waals surface area contributed by atoms with E-state index in [9.17, 15) is 0 Å². The Morgan fingerprint density at radius 2 is 1.81 bits per heavy atom. The maximum atomic E-state index is 2.48. The van der Waals surface area contributed by atoms with Crippen LogP contribution in [0.3, 0.4) is 0 Å². The van der Waals surface area contributed by atoms with Gasteiger partial charge in [0.05, 0.1) is 0 Å². The van der Waals surface area contributed by atoms with Gasteiger partial charge >= 0.3 is 0 Å². The highest BCUT2D eigenvalue weighted by Crippen LogP contribution is 2.17. The summed E-state index contributed by atoms with van der Waals surface area (Å²) in [6.45, 7) is 5.86. The third kappa shape index (κ3) is 3.20. The molecule has 0 unspecified atom stereocenters. The molecule has 3 heteroatoms. The summed E-state index contributed by atoms with van der Waals surface area (Å²) in [5, 5.41) is 0. The summed E-state index contributed by atoms with van der Waals surface area (Å²) in [7, 11) is 0. The van der Waals surface area contributed by atoms with Gasteiger partial charge in [0.25, 0.3) is 0 Å². The maximum absolute atomic E-state index is 2.48. The molecule has 3 nitrogen and oxygen atoms in total. The Morgan fingerprint density at radius 3 is 2.38 bits per heavy atom. The molecule has 1 aliphatic heterocycles. The Hall–Kier alpha value is -1.09. The molecule has 0 amide bonds. The standard InChI is InChI=1S/C13H21N2.H2O/c1-2-3-8-14-11-6-13(7-12-14)15-9-4-5-10-15;/h6-7,11-12H,2-5,8-10H2,1H3;1H2/q+1;/p-1. The van der Waals surface area contributed by atoms with E-state index in [1.54, 1.807) is 0 Å². The van der Waals surface area contributed by atoms with Crippen molar-refractivity contribution in [3.05, 3.63) is 24.5 Å². The summed E-state index contributed by atoms with van der Waals surface area (Å²) in [5.74, 6) is 0. The van der Waals surface area contributed by atoms with E-state index in [0.717, 1.165) is 6.54 Å². The van der Waals surface area contributed by atoms with Crippen LogP contribution in [0.2, 0.25) is 0 Å². The lowest BCUT2D eigenvalue weighted by molar-refractivity contribution is -0.697. The van der Waals surface area contributed by atoms with E-state index in [1.807, 2.05) is 0 Å². The fourth-order valence-electron chi connectivity index (χ4n) is 2.13. The average Bonchev–Trinajstić information content (AvgIpc) is 2.80. The van der Waals surface area contributed by atoms with Gasteiger partial charge in [-0.15, -0.1) is 0 Å². The number of rotatable bonds is 4. The molecule has 0 aromatic carbocycles. The highest BCUT2D eigenvalue weighted by molar-refractivity contribution is 5.44. The molecule has 1 aromatic rings. The van der Waals surface area contributed by atoms with Crippen molar-refractivity contribution in [2.75, 3.05) is 18.0 Å². The first-order chi connectivity index (χ1) is 7.40. The summed E-state index contributed by atoms with van der Waals surface area (Å²) in [4.78, 5) is 2.48. The number of unbranched alkanes of at least 4 members (excludes halogenated alkanes) is 1. The van der Waals surface area contributed by atoms with E-state index >= 15 is 0 Å². The minimum absolute atomic E-state index is 0.